The average molecular weight is 457 g/mol. The van der Waals surface area contributed by atoms with Gasteiger partial charge in [-0.2, -0.15) is 23.5 Å². The Hall–Kier alpha value is -3.32. The van der Waals surface area contributed by atoms with E-state index in [9.17, 15) is 23.2 Å². The first-order chi connectivity index (χ1) is 15.8. The molecule has 7 nitrogen and oxygen atoms in total. The molecule has 1 saturated carbocycles. The van der Waals surface area contributed by atoms with E-state index in [1.807, 2.05) is 0 Å². The molecule has 1 aromatic carbocycles. The Morgan fingerprint density at radius 1 is 1.30 bits per heavy atom. The lowest BCUT2D eigenvalue weighted by Gasteiger charge is -2.31. The molecule has 33 heavy (non-hydrogen) atoms. The molecule has 0 spiro atoms. The van der Waals surface area contributed by atoms with Gasteiger partial charge in [0.2, 0.25) is 0 Å². The molecule has 3 aromatic rings. The third kappa shape index (κ3) is 3.66. The van der Waals surface area contributed by atoms with E-state index >= 15 is 0 Å². The molecule has 5 rings (SSSR count). The van der Waals surface area contributed by atoms with E-state index in [4.69, 9.17) is 4.74 Å². The molecule has 2 atom stereocenters. The third-order valence-electron chi connectivity index (χ3n) is 6.50. The van der Waals surface area contributed by atoms with Gasteiger partial charge in [-0.25, -0.2) is 0 Å². The molecule has 0 radical (unpaired) electrons. The molecule has 2 N–H and O–H groups in total. The lowest BCUT2D eigenvalue weighted by molar-refractivity contribution is -0.269. The number of alkyl halides is 3. The highest BCUT2D eigenvalue weighted by atomic mass is 19.4. The largest absolute Gasteiger partial charge is 0.421 e. The van der Waals surface area contributed by atoms with E-state index in [-0.39, 0.29) is 36.6 Å². The number of halogens is 3. The van der Waals surface area contributed by atoms with E-state index < -0.39 is 11.8 Å². The molecule has 0 amide bonds. The highest BCUT2D eigenvalue weighted by molar-refractivity contribution is 5.91. The van der Waals surface area contributed by atoms with Crippen LogP contribution in [0.1, 0.15) is 43.7 Å². The maximum Gasteiger partial charge on any atom is 0.421 e. The number of hydrogen-bond acceptors (Lipinski definition) is 5. The van der Waals surface area contributed by atoms with Crippen molar-refractivity contribution in [2.45, 2.75) is 49.9 Å². The summed E-state index contributed by atoms with van der Waals surface area (Å²) in [6, 6.07) is 9.66. The van der Waals surface area contributed by atoms with Crippen LogP contribution in [0.2, 0.25) is 0 Å². The Morgan fingerprint density at radius 3 is 2.67 bits per heavy atom. The number of nitriles is 1. The normalized spacial score (nSPS) is 21.8. The summed E-state index contributed by atoms with van der Waals surface area (Å²) in [5.74, 6) is 0.634. The second kappa shape index (κ2) is 7.92. The van der Waals surface area contributed by atoms with E-state index in [1.54, 1.807) is 10.7 Å². The van der Waals surface area contributed by atoms with Crippen molar-refractivity contribution in [3.05, 3.63) is 52.4 Å². The SMILES string of the molecule is N#CC[C@@H](C1CC1)n1nc(Nc2ccc([C@@]3(C(F)(F)F)CCCO3)cc2)c2c(=O)[nH]ccc21. The van der Waals surface area contributed by atoms with Gasteiger partial charge in [0.25, 0.3) is 5.56 Å². The second-order valence-corrected chi connectivity index (χ2v) is 8.61. The number of nitrogens with zero attached hydrogens (tertiary/aromatic N) is 3. The van der Waals surface area contributed by atoms with Crippen LogP contribution in [-0.2, 0) is 10.3 Å². The summed E-state index contributed by atoms with van der Waals surface area (Å²) < 4.78 is 48.2. The van der Waals surface area contributed by atoms with Crippen LogP contribution in [0, 0.1) is 17.2 Å². The van der Waals surface area contributed by atoms with Gasteiger partial charge in [0.1, 0.15) is 5.39 Å². The number of H-pyrrole nitrogens is 1. The quantitative estimate of drug-likeness (QED) is 0.549. The minimum Gasteiger partial charge on any atom is -0.361 e. The van der Waals surface area contributed by atoms with Gasteiger partial charge in [-0.1, -0.05) is 12.1 Å². The predicted octanol–water partition coefficient (Wildman–Crippen LogP) is 4.90. The summed E-state index contributed by atoms with van der Waals surface area (Å²) in [6.45, 7) is 0.0660. The molecule has 1 saturated heterocycles. The van der Waals surface area contributed by atoms with E-state index in [2.05, 4.69) is 21.5 Å². The summed E-state index contributed by atoms with van der Waals surface area (Å²) in [5, 5.41) is 17.3. The molecule has 2 aliphatic rings. The fourth-order valence-corrected chi connectivity index (χ4v) is 4.68. The van der Waals surface area contributed by atoms with Crippen LogP contribution < -0.4 is 10.9 Å². The first-order valence-corrected chi connectivity index (χ1v) is 10.9. The van der Waals surface area contributed by atoms with Gasteiger partial charge in [0.15, 0.2) is 11.4 Å². The lowest BCUT2D eigenvalue weighted by atomic mass is 9.90. The first kappa shape index (κ1) is 21.5. The monoisotopic (exact) mass is 457 g/mol. The summed E-state index contributed by atoms with van der Waals surface area (Å²) >= 11 is 0. The standard InChI is InChI=1S/C23H22F3N5O2/c24-23(25,26)22(10-1-13-33-22)15-4-6-16(7-5-15)29-20-19-18(9-12-28-21(19)32)31(30-20)17(8-11-27)14-2-3-14/h4-7,9,12,14,17H,1-3,8,10,13H2,(H,28,32)(H,29,30)/t17-,22+/m0/s1. The van der Waals surface area contributed by atoms with Gasteiger partial charge in [-0.15, -0.1) is 0 Å². The molecule has 10 heteroatoms. The molecular weight excluding hydrogens is 435 g/mol. The summed E-state index contributed by atoms with van der Waals surface area (Å²) in [5.41, 5.74) is -1.47. The van der Waals surface area contributed by atoms with Crippen molar-refractivity contribution in [1.82, 2.24) is 14.8 Å². The number of ether oxygens (including phenoxy) is 1. The maximum absolute atomic E-state index is 13.8. The fourth-order valence-electron chi connectivity index (χ4n) is 4.68. The molecule has 2 fully saturated rings. The van der Waals surface area contributed by atoms with Crippen molar-refractivity contribution >= 4 is 22.4 Å². The Morgan fingerprint density at radius 2 is 2.06 bits per heavy atom. The van der Waals surface area contributed by atoms with Crippen molar-refractivity contribution in [2.24, 2.45) is 5.92 Å². The number of nitrogens with one attached hydrogen (secondary N) is 2. The number of anilines is 2. The molecule has 0 bridgehead atoms. The Kier molecular flexibility index (Phi) is 5.16. The van der Waals surface area contributed by atoms with Gasteiger partial charge in [-0.3, -0.25) is 9.48 Å². The molecule has 0 unspecified atom stereocenters. The van der Waals surface area contributed by atoms with Gasteiger partial charge in [0, 0.05) is 18.5 Å². The number of rotatable bonds is 6. The zero-order chi connectivity index (χ0) is 23.2. The summed E-state index contributed by atoms with van der Waals surface area (Å²) in [6.07, 6.45) is -0.461. The average Bonchev–Trinajstić information content (AvgIpc) is 3.36. The van der Waals surface area contributed by atoms with Crippen LogP contribution in [0.5, 0.6) is 0 Å². The maximum atomic E-state index is 13.8. The van der Waals surface area contributed by atoms with Gasteiger partial charge in [-0.05, 0) is 55.4 Å². The van der Waals surface area contributed by atoms with Crippen molar-refractivity contribution < 1.29 is 17.9 Å². The lowest BCUT2D eigenvalue weighted by Crippen LogP contribution is -2.41. The van der Waals surface area contributed by atoms with Crippen LogP contribution in [0.25, 0.3) is 10.9 Å². The van der Waals surface area contributed by atoms with E-state index in [0.717, 1.165) is 12.8 Å². The van der Waals surface area contributed by atoms with Crippen LogP contribution >= 0.6 is 0 Å². The van der Waals surface area contributed by atoms with Gasteiger partial charge >= 0.3 is 6.18 Å². The highest BCUT2D eigenvalue weighted by Gasteiger charge is 2.58. The number of pyridine rings is 1. The molecule has 2 aromatic heterocycles. The molecule has 1 aliphatic heterocycles. The van der Waals surface area contributed by atoms with Gasteiger partial charge < -0.3 is 15.0 Å². The van der Waals surface area contributed by atoms with Crippen molar-refractivity contribution in [3.63, 3.8) is 0 Å². The Labute approximate surface area is 187 Å². The topological polar surface area (TPSA) is 95.7 Å². The fraction of sp³-hybridized carbons (Fsp3) is 0.435. The Balaban J connectivity index is 1.50. The van der Waals surface area contributed by atoms with Crippen molar-refractivity contribution in [2.75, 3.05) is 11.9 Å². The Bertz CT molecular complexity index is 1260. The van der Waals surface area contributed by atoms with Crippen LogP contribution in [-0.4, -0.2) is 27.5 Å². The third-order valence-corrected chi connectivity index (χ3v) is 6.50. The predicted molar refractivity (Wildman–Crippen MR) is 115 cm³/mol. The molecular formula is C23H22F3N5O2. The first-order valence-electron chi connectivity index (χ1n) is 10.9. The molecule has 3 heterocycles. The highest BCUT2D eigenvalue weighted by Crippen LogP contribution is 2.49. The zero-order valence-electron chi connectivity index (χ0n) is 17.7. The van der Waals surface area contributed by atoms with E-state index in [0.29, 0.717) is 34.7 Å². The summed E-state index contributed by atoms with van der Waals surface area (Å²) in [7, 11) is 0. The summed E-state index contributed by atoms with van der Waals surface area (Å²) in [4.78, 5) is 15.2. The molecule has 172 valence electrons. The van der Waals surface area contributed by atoms with Gasteiger partial charge in [0.05, 0.1) is 24.0 Å². The minimum absolute atomic E-state index is 0.0501. The number of benzene rings is 1. The van der Waals surface area contributed by atoms with Crippen molar-refractivity contribution in [1.29, 1.82) is 5.26 Å². The van der Waals surface area contributed by atoms with Crippen LogP contribution in [0.4, 0.5) is 24.7 Å². The smallest absolute Gasteiger partial charge is 0.361 e. The van der Waals surface area contributed by atoms with E-state index in [1.165, 1.54) is 30.5 Å². The number of aromatic nitrogens is 3. The number of fused-ring (bicyclic) bond motifs is 1. The second-order valence-electron chi connectivity index (χ2n) is 8.61. The van der Waals surface area contributed by atoms with Crippen molar-refractivity contribution in [3.8, 4) is 6.07 Å². The number of hydrogen-bond donors (Lipinski definition) is 2. The minimum atomic E-state index is -4.51. The van der Waals surface area contributed by atoms with Crippen LogP contribution in [0.15, 0.2) is 41.3 Å². The zero-order valence-corrected chi connectivity index (χ0v) is 17.7. The van der Waals surface area contributed by atoms with Crippen LogP contribution in [0.3, 0.4) is 0 Å². The molecule has 1 aliphatic carbocycles. The number of aromatic amines is 1.